The molecule has 8 atom stereocenters. The summed E-state index contributed by atoms with van der Waals surface area (Å²) in [6.45, 7) is -0.409. The van der Waals surface area contributed by atoms with E-state index in [0.717, 1.165) is 4.90 Å². The predicted molar refractivity (Wildman–Crippen MR) is 282 cm³/mol. The van der Waals surface area contributed by atoms with E-state index in [0.29, 0.717) is 69.2 Å². The van der Waals surface area contributed by atoms with Gasteiger partial charge >= 0.3 is 5.97 Å². The number of aliphatic imine (C=N–C) groups is 2. The molecule has 16 N–H and O–H groups in total. The Morgan fingerprint density at radius 2 is 1.14 bits per heavy atom. The lowest BCUT2D eigenvalue weighted by Crippen LogP contribution is -2.60. The largest absolute Gasteiger partial charge is 0.480 e. The van der Waals surface area contributed by atoms with Gasteiger partial charge in [-0.2, -0.15) is 0 Å². The van der Waals surface area contributed by atoms with E-state index >= 15 is 0 Å². The Kier molecular flexibility index (Phi) is 22.9. The number of amides is 8. The van der Waals surface area contributed by atoms with E-state index in [2.05, 4.69) is 31.3 Å². The Balaban J connectivity index is 1.23. The minimum Gasteiger partial charge on any atom is -0.480 e. The molecule has 0 aromatic heterocycles. The first-order valence-electron chi connectivity index (χ1n) is 25.9. The molecule has 0 bridgehead atoms. The topological polar surface area (TPSA) is 410 Å². The van der Waals surface area contributed by atoms with Crippen LogP contribution in [0.4, 0.5) is 0 Å². The van der Waals surface area contributed by atoms with Gasteiger partial charge in [0.05, 0.1) is 19.2 Å². The van der Waals surface area contributed by atoms with E-state index < -0.39 is 109 Å². The highest BCUT2D eigenvalue weighted by atomic mass is 16.4. The normalized spacial score (nSPS) is 18.9. The quantitative estimate of drug-likeness (QED) is 0.0234. The number of aliphatic carboxylic acids is 1. The fraction of sp³-hybridized carbons (Fsp3) is 0.549. The summed E-state index contributed by atoms with van der Waals surface area (Å²) in [7, 11) is 1.36. The van der Waals surface area contributed by atoms with E-state index in [4.69, 9.17) is 28.7 Å². The molecule has 0 spiro atoms. The average Bonchev–Trinajstić information content (AvgIpc) is 4.24. The molecule has 0 unspecified atom stereocenters. The number of hydrogen-bond donors (Lipinski definition) is 11. The van der Waals surface area contributed by atoms with Gasteiger partial charge < -0.3 is 79.7 Å². The molecule has 3 saturated heterocycles. The molecular formula is C51H75N15O11. The second-order valence-electron chi connectivity index (χ2n) is 19.4. The molecule has 26 heteroatoms. The zero-order valence-electron chi connectivity index (χ0n) is 43.5. The predicted octanol–water partition coefficient (Wildman–Crippen LogP) is -3.65. The number of nitrogens with one attached hydrogen (secondary N) is 4. The highest BCUT2D eigenvalue weighted by Crippen LogP contribution is 2.26. The number of aliphatic hydroxyl groups excluding tert-OH is 1. The zero-order valence-corrected chi connectivity index (χ0v) is 43.5. The van der Waals surface area contributed by atoms with Crippen molar-refractivity contribution in [1.29, 1.82) is 0 Å². The molecule has 8 amide bonds. The number of likely N-dealkylation sites (tertiary alicyclic amines) is 3. The monoisotopic (exact) mass is 1070 g/mol. The smallest absolute Gasteiger partial charge is 0.326 e. The van der Waals surface area contributed by atoms with Crippen molar-refractivity contribution in [3.05, 3.63) is 71.8 Å². The summed E-state index contributed by atoms with van der Waals surface area (Å²) in [5.74, 6) is -6.78. The number of carbonyl (C=O) groups is 9. The molecule has 3 fully saturated rings. The summed E-state index contributed by atoms with van der Waals surface area (Å²) in [6.07, 6.45) is 3.16. The number of nitrogens with zero attached hydrogens (tertiary/aromatic N) is 6. The number of benzene rings is 2. The lowest BCUT2D eigenvalue weighted by molar-refractivity contribution is -0.147. The number of nitrogens with two attached hydrogens (primary N) is 5. The van der Waals surface area contributed by atoms with Gasteiger partial charge in [0.1, 0.15) is 42.3 Å². The second kappa shape index (κ2) is 29.4. The summed E-state index contributed by atoms with van der Waals surface area (Å²) in [5, 5.41) is 30.9. The molecule has 420 valence electrons. The Bertz CT molecular complexity index is 2440. The van der Waals surface area contributed by atoms with Crippen molar-refractivity contribution in [3.63, 3.8) is 0 Å². The van der Waals surface area contributed by atoms with Crippen LogP contribution in [0, 0.1) is 0 Å². The minimum atomic E-state index is -1.58. The number of rotatable bonds is 27. The van der Waals surface area contributed by atoms with E-state index in [1.807, 2.05) is 0 Å². The summed E-state index contributed by atoms with van der Waals surface area (Å²) >= 11 is 0. The van der Waals surface area contributed by atoms with Gasteiger partial charge in [0, 0.05) is 52.6 Å². The van der Waals surface area contributed by atoms with E-state index in [-0.39, 0.29) is 69.6 Å². The van der Waals surface area contributed by atoms with E-state index in [9.17, 15) is 53.4 Å². The van der Waals surface area contributed by atoms with Gasteiger partial charge in [0.2, 0.25) is 47.3 Å². The van der Waals surface area contributed by atoms with Gasteiger partial charge in [-0.25, -0.2) is 4.79 Å². The summed E-state index contributed by atoms with van der Waals surface area (Å²) in [6, 6.07) is 8.14. The van der Waals surface area contributed by atoms with Crippen LogP contribution in [0.5, 0.6) is 0 Å². The molecule has 0 saturated carbocycles. The summed E-state index contributed by atoms with van der Waals surface area (Å²) in [5.41, 5.74) is 29.0. The molecule has 26 nitrogen and oxygen atoms in total. The van der Waals surface area contributed by atoms with Crippen LogP contribution < -0.4 is 49.9 Å². The second-order valence-corrected chi connectivity index (χ2v) is 19.4. The van der Waals surface area contributed by atoms with Crippen LogP contribution >= 0.6 is 0 Å². The molecule has 5 rings (SSSR count). The number of guanidine groups is 2. The first kappa shape index (κ1) is 60.0. The van der Waals surface area contributed by atoms with Crippen LogP contribution in [0.1, 0.15) is 75.3 Å². The maximum Gasteiger partial charge on any atom is 0.326 e. The van der Waals surface area contributed by atoms with Crippen molar-refractivity contribution in [2.75, 3.05) is 52.9 Å². The highest BCUT2D eigenvalue weighted by molar-refractivity contribution is 5.98. The van der Waals surface area contributed by atoms with Crippen LogP contribution in [0.25, 0.3) is 0 Å². The Morgan fingerprint density at radius 1 is 0.636 bits per heavy atom. The fourth-order valence-electron chi connectivity index (χ4n) is 9.78. The van der Waals surface area contributed by atoms with Gasteiger partial charge in [-0.15, -0.1) is 0 Å². The minimum absolute atomic E-state index is 0.0206. The zero-order chi connectivity index (χ0) is 56.2. The molecular weight excluding hydrogens is 999 g/mol. The van der Waals surface area contributed by atoms with Gasteiger partial charge in [0.25, 0.3) is 0 Å². The Morgan fingerprint density at radius 3 is 1.70 bits per heavy atom. The third kappa shape index (κ3) is 17.3. The standard InChI is InChI=1S/C51H75N15O11/c1-63(41(68)29-59-43(70)37-19-10-25-65(37)48(75)39-21-12-26-66(39)46(73)33(52)17-8-22-57-50(53)54)40(28-32-15-6-3-7-16-32)45(72)62-36(30-67)47(74)64-24-11-20-38(64)44(71)61-35(27-31-13-4-2-5-14-31)42(69)60-34(49(76)77)18-9-23-58-51(55)56/h2-7,13-16,33-40,67H,8-12,17-30,52H2,1H3,(H,59,70)(H,60,69)(H,61,71)(H,62,72)(H,76,77)(H4,53,54,57)(H4,55,56,58)/t33-,34-,35-,36-,37-,38-,39-,40-/m0/s1. The molecule has 2 aromatic rings. The third-order valence-corrected chi connectivity index (χ3v) is 13.9. The van der Waals surface area contributed by atoms with Crippen molar-refractivity contribution >= 4 is 65.1 Å². The first-order valence-corrected chi connectivity index (χ1v) is 25.9. The van der Waals surface area contributed by atoms with Gasteiger partial charge in [-0.1, -0.05) is 60.7 Å². The van der Waals surface area contributed by atoms with Gasteiger partial charge in [-0.05, 0) is 75.3 Å². The van der Waals surface area contributed by atoms with Crippen molar-refractivity contribution in [2.24, 2.45) is 38.7 Å². The number of hydrogen-bond acceptors (Lipinski definition) is 13. The molecule has 0 aliphatic carbocycles. The number of carbonyl (C=O) groups excluding carboxylic acids is 8. The maximum atomic E-state index is 14.3. The first-order chi connectivity index (χ1) is 36.8. The molecule has 77 heavy (non-hydrogen) atoms. The lowest BCUT2D eigenvalue weighted by Gasteiger charge is -2.32. The SMILES string of the molecule is CN(C(=O)CNC(=O)[C@@H]1CCCN1C(=O)[C@@H]1CCCN1C(=O)[C@@H](N)CCCN=C(N)N)[C@@H](Cc1ccccc1)C(=O)N[C@@H](CO)C(=O)N1CCC[C@H]1C(=O)N[C@@H](Cc1ccccc1)C(=O)N[C@@H](CCCN=C(N)N)C(=O)O. The fourth-order valence-corrected chi connectivity index (χ4v) is 9.78. The Hall–Kier alpha value is -7.87. The summed E-state index contributed by atoms with van der Waals surface area (Å²) in [4.78, 5) is 136. The lowest BCUT2D eigenvalue weighted by atomic mass is 10.0. The number of likely N-dealkylation sites (N-methyl/N-ethyl adjacent to an activating group) is 1. The molecule has 0 radical (unpaired) electrons. The highest BCUT2D eigenvalue weighted by Gasteiger charge is 2.44. The van der Waals surface area contributed by atoms with Crippen LogP contribution in [0.2, 0.25) is 0 Å². The van der Waals surface area contributed by atoms with Gasteiger partial charge in [-0.3, -0.25) is 48.3 Å². The average molecular weight is 1070 g/mol. The molecule has 3 aliphatic heterocycles. The Labute approximate surface area is 446 Å². The number of carboxylic acid groups (broad SMARTS) is 1. The number of aliphatic hydroxyl groups is 1. The molecule has 3 heterocycles. The van der Waals surface area contributed by atoms with E-state index in [1.165, 1.54) is 21.7 Å². The molecule has 2 aromatic carbocycles. The van der Waals surface area contributed by atoms with Crippen LogP contribution in [0.3, 0.4) is 0 Å². The van der Waals surface area contributed by atoms with Crippen LogP contribution in [0.15, 0.2) is 70.6 Å². The van der Waals surface area contributed by atoms with E-state index in [1.54, 1.807) is 60.7 Å². The van der Waals surface area contributed by atoms with Crippen LogP contribution in [-0.4, -0.2) is 196 Å². The maximum absolute atomic E-state index is 14.3. The third-order valence-electron chi connectivity index (χ3n) is 13.9. The van der Waals surface area contributed by atoms with Crippen LogP contribution in [-0.2, 0) is 56.0 Å². The van der Waals surface area contributed by atoms with Gasteiger partial charge in [0.15, 0.2) is 11.9 Å². The number of carboxylic acids is 1. The molecule has 3 aliphatic rings. The summed E-state index contributed by atoms with van der Waals surface area (Å²) < 4.78 is 0. The van der Waals surface area contributed by atoms with Crippen molar-refractivity contribution in [1.82, 2.24) is 40.9 Å². The van der Waals surface area contributed by atoms with Crippen molar-refractivity contribution in [3.8, 4) is 0 Å². The van der Waals surface area contributed by atoms with Crippen molar-refractivity contribution < 1.29 is 53.4 Å². The van der Waals surface area contributed by atoms with Crippen molar-refractivity contribution in [2.45, 2.75) is 125 Å².